The van der Waals surface area contributed by atoms with Gasteiger partial charge in [-0.1, -0.05) is 49.4 Å². The van der Waals surface area contributed by atoms with Crippen molar-refractivity contribution in [1.82, 2.24) is 20.0 Å². The Morgan fingerprint density at radius 3 is 2.47 bits per heavy atom. The third kappa shape index (κ3) is 6.29. The molecule has 0 aliphatic rings. The number of rotatable bonds is 10. The zero-order valence-corrected chi connectivity index (χ0v) is 19.1. The number of hydrogen-bond donors (Lipinski definition) is 1. The van der Waals surface area contributed by atoms with Gasteiger partial charge in [0, 0.05) is 24.3 Å². The van der Waals surface area contributed by atoms with Crippen molar-refractivity contribution in [3.8, 4) is 6.07 Å². The van der Waals surface area contributed by atoms with Gasteiger partial charge in [-0.25, -0.2) is 0 Å². The van der Waals surface area contributed by atoms with Crippen molar-refractivity contribution in [2.75, 3.05) is 13.1 Å². The number of aryl methyl sites for hydroxylation is 1. The van der Waals surface area contributed by atoms with Gasteiger partial charge < -0.3 is 5.32 Å². The first-order chi connectivity index (χ1) is 15.5. The minimum atomic E-state index is 0.00158. The summed E-state index contributed by atoms with van der Waals surface area (Å²) < 4.78 is 2.00. The summed E-state index contributed by atoms with van der Waals surface area (Å²) in [6.45, 7) is 9.20. The lowest BCUT2D eigenvalue weighted by molar-refractivity contribution is -0.122. The van der Waals surface area contributed by atoms with Crippen molar-refractivity contribution in [3.63, 3.8) is 0 Å². The van der Waals surface area contributed by atoms with E-state index in [0.717, 1.165) is 42.0 Å². The highest BCUT2D eigenvalue weighted by molar-refractivity contribution is 5.78. The van der Waals surface area contributed by atoms with Crippen LogP contribution in [0.25, 0.3) is 0 Å². The summed E-state index contributed by atoms with van der Waals surface area (Å²) in [5.74, 6) is 0.00158. The first kappa shape index (κ1) is 23.2. The Kier molecular flexibility index (Phi) is 8.18. The molecule has 0 unspecified atom stereocenters. The van der Waals surface area contributed by atoms with E-state index in [9.17, 15) is 4.79 Å². The smallest absolute Gasteiger partial charge is 0.234 e. The van der Waals surface area contributed by atoms with Crippen molar-refractivity contribution >= 4 is 5.91 Å². The second kappa shape index (κ2) is 11.3. The lowest BCUT2D eigenvalue weighted by Crippen LogP contribution is -2.37. The van der Waals surface area contributed by atoms with Crippen LogP contribution in [0.4, 0.5) is 0 Å². The minimum absolute atomic E-state index is 0.00158. The Morgan fingerprint density at radius 1 is 1.09 bits per heavy atom. The maximum atomic E-state index is 12.7. The van der Waals surface area contributed by atoms with Crippen molar-refractivity contribution in [3.05, 3.63) is 88.2 Å². The average molecular weight is 430 g/mol. The normalized spacial score (nSPS) is 10.8. The van der Waals surface area contributed by atoms with Crippen LogP contribution < -0.4 is 5.32 Å². The summed E-state index contributed by atoms with van der Waals surface area (Å²) >= 11 is 0. The van der Waals surface area contributed by atoms with Crippen molar-refractivity contribution < 1.29 is 4.79 Å². The van der Waals surface area contributed by atoms with E-state index in [0.29, 0.717) is 25.2 Å². The van der Waals surface area contributed by atoms with Crippen LogP contribution in [0.3, 0.4) is 0 Å². The van der Waals surface area contributed by atoms with Gasteiger partial charge in [0.25, 0.3) is 0 Å². The lowest BCUT2D eigenvalue weighted by atomic mass is 10.1. The molecular formula is C26H31N5O. The summed E-state index contributed by atoms with van der Waals surface area (Å²) in [6, 6.07) is 19.9. The first-order valence-electron chi connectivity index (χ1n) is 11.0. The molecule has 1 N–H and O–H groups in total. The SMILES string of the molecule is CCCN(CC(=O)NCc1c(C)nn(Cc2ccccc2)c1C)Cc1ccc(C#N)cc1. The highest BCUT2D eigenvalue weighted by atomic mass is 16.2. The Bertz CT molecular complexity index is 1060. The molecule has 1 heterocycles. The fraction of sp³-hybridized carbons (Fsp3) is 0.346. The molecule has 0 bridgehead atoms. The van der Waals surface area contributed by atoms with Crippen LogP contribution in [0.5, 0.6) is 0 Å². The van der Waals surface area contributed by atoms with E-state index >= 15 is 0 Å². The van der Waals surface area contributed by atoms with E-state index in [-0.39, 0.29) is 5.91 Å². The molecule has 0 saturated heterocycles. The Hall–Kier alpha value is -3.43. The molecule has 166 valence electrons. The zero-order valence-electron chi connectivity index (χ0n) is 19.1. The quantitative estimate of drug-likeness (QED) is 0.530. The van der Waals surface area contributed by atoms with Gasteiger partial charge in [-0.3, -0.25) is 14.4 Å². The molecule has 32 heavy (non-hydrogen) atoms. The summed E-state index contributed by atoms with van der Waals surface area (Å²) in [6.07, 6.45) is 0.966. The van der Waals surface area contributed by atoms with Crippen LogP contribution >= 0.6 is 0 Å². The van der Waals surface area contributed by atoms with E-state index in [1.807, 2.05) is 54.1 Å². The van der Waals surface area contributed by atoms with Crippen LogP contribution in [0.15, 0.2) is 54.6 Å². The second-order valence-corrected chi connectivity index (χ2v) is 8.09. The molecule has 6 heteroatoms. The van der Waals surface area contributed by atoms with Crippen molar-refractivity contribution in [2.45, 2.75) is 46.8 Å². The average Bonchev–Trinajstić information content (AvgIpc) is 3.06. The first-order valence-corrected chi connectivity index (χ1v) is 11.0. The molecule has 6 nitrogen and oxygen atoms in total. The largest absolute Gasteiger partial charge is 0.351 e. The molecule has 3 rings (SSSR count). The third-order valence-corrected chi connectivity index (χ3v) is 5.57. The number of nitriles is 1. The van der Waals surface area contributed by atoms with Gasteiger partial charge in [0.1, 0.15) is 0 Å². The fourth-order valence-electron chi connectivity index (χ4n) is 3.82. The number of aromatic nitrogens is 2. The Balaban J connectivity index is 1.58. The number of carbonyl (C=O) groups excluding carboxylic acids is 1. The van der Waals surface area contributed by atoms with Crippen LogP contribution in [-0.2, 0) is 24.4 Å². The Labute approximate surface area is 190 Å². The number of benzene rings is 2. The van der Waals surface area contributed by atoms with E-state index in [1.165, 1.54) is 5.56 Å². The molecular weight excluding hydrogens is 398 g/mol. The van der Waals surface area contributed by atoms with Gasteiger partial charge in [0.15, 0.2) is 0 Å². The highest BCUT2D eigenvalue weighted by Gasteiger charge is 2.15. The minimum Gasteiger partial charge on any atom is -0.351 e. The van der Waals surface area contributed by atoms with Crippen LogP contribution in [0.2, 0.25) is 0 Å². The molecule has 0 aliphatic carbocycles. The number of nitrogens with one attached hydrogen (secondary N) is 1. The number of amides is 1. The van der Waals surface area contributed by atoms with Crippen LogP contribution in [0, 0.1) is 25.2 Å². The summed E-state index contributed by atoms with van der Waals surface area (Å²) in [4.78, 5) is 14.8. The van der Waals surface area contributed by atoms with E-state index < -0.39 is 0 Å². The van der Waals surface area contributed by atoms with Gasteiger partial charge in [-0.15, -0.1) is 0 Å². The predicted octanol–water partition coefficient (Wildman–Crippen LogP) is 3.95. The molecule has 0 spiro atoms. The topological polar surface area (TPSA) is 74.0 Å². The maximum Gasteiger partial charge on any atom is 0.234 e. The van der Waals surface area contributed by atoms with Gasteiger partial charge in [-0.05, 0) is 50.1 Å². The molecule has 0 saturated carbocycles. The van der Waals surface area contributed by atoms with E-state index in [2.05, 4.69) is 47.4 Å². The molecule has 1 aromatic heterocycles. The van der Waals surface area contributed by atoms with Crippen molar-refractivity contribution in [2.24, 2.45) is 0 Å². The summed E-state index contributed by atoms with van der Waals surface area (Å²) in [5, 5.41) is 16.7. The number of hydrogen-bond acceptors (Lipinski definition) is 4. The number of nitrogens with zero attached hydrogens (tertiary/aromatic N) is 4. The summed E-state index contributed by atoms with van der Waals surface area (Å²) in [7, 11) is 0. The van der Waals surface area contributed by atoms with Crippen molar-refractivity contribution in [1.29, 1.82) is 5.26 Å². The standard InChI is InChI=1S/C26H31N5O/c1-4-14-30(17-24-12-10-22(15-27)11-13-24)19-26(32)28-16-25-20(2)29-31(21(25)3)18-23-8-6-5-7-9-23/h5-13H,4,14,16-19H2,1-3H3,(H,28,32). The monoisotopic (exact) mass is 429 g/mol. The van der Waals surface area contributed by atoms with Gasteiger partial charge in [0.2, 0.25) is 5.91 Å². The third-order valence-electron chi connectivity index (χ3n) is 5.57. The predicted molar refractivity (Wildman–Crippen MR) is 126 cm³/mol. The fourth-order valence-corrected chi connectivity index (χ4v) is 3.82. The highest BCUT2D eigenvalue weighted by Crippen LogP contribution is 2.15. The van der Waals surface area contributed by atoms with E-state index in [1.54, 1.807) is 0 Å². The zero-order chi connectivity index (χ0) is 22.9. The Morgan fingerprint density at radius 2 is 1.81 bits per heavy atom. The second-order valence-electron chi connectivity index (χ2n) is 8.09. The molecule has 3 aromatic rings. The molecule has 0 aliphatic heterocycles. The lowest BCUT2D eigenvalue weighted by Gasteiger charge is -2.21. The summed E-state index contributed by atoms with van der Waals surface area (Å²) in [5.41, 5.74) is 6.04. The van der Waals surface area contributed by atoms with Crippen LogP contribution in [0.1, 0.15) is 47.0 Å². The molecule has 0 atom stereocenters. The van der Waals surface area contributed by atoms with Gasteiger partial charge in [-0.2, -0.15) is 10.4 Å². The van der Waals surface area contributed by atoms with Crippen LogP contribution in [-0.4, -0.2) is 33.7 Å². The van der Waals surface area contributed by atoms with E-state index in [4.69, 9.17) is 5.26 Å². The molecule has 0 fully saturated rings. The van der Waals surface area contributed by atoms with Gasteiger partial charge in [0.05, 0.1) is 30.4 Å². The molecule has 1 amide bonds. The van der Waals surface area contributed by atoms with Gasteiger partial charge >= 0.3 is 0 Å². The molecule has 2 aromatic carbocycles. The molecule has 0 radical (unpaired) electrons. The number of carbonyl (C=O) groups is 1. The maximum absolute atomic E-state index is 12.7.